The molecule has 0 saturated carbocycles. The van der Waals surface area contributed by atoms with Gasteiger partial charge in [0.25, 0.3) is 0 Å². The van der Waals surface area contributed by atoms with Gasteiger partial charge in [-0.1, -0.05) is 77.2 Å². The predicted molar refractivity (Wildman–Crippen MR) is 111 cm³/mol. The maximum atomic E-state index is 5.92. The molecule has 0 N–H and O–H groups in total. The molecule has 0 aromatic heterocycles. The third-order valence-electron chi connectivity index (χ3n) is 3.48. The van der Waals surface area contributed by atoms with Gasteiger partial charge in [0, 0.05) is 21.2 Å². The summed E-state index contributed by atoms with van der Waals surface area (Å²) < 4.78 is 0. The minimum absolute atomic E-state index is 0.693. The van der Waals surface area contributed by atoms with Crippen molar-refractivity contribution in [2.45, 2.75) is 0 Å². The molecule has 0 aliphatic carbocycles. The first-order chi connectivity index (χ1) is 12.7. The topological polar surface area (TPSA) is 0 Å². The van der Waals surface area contributed by atoms with Crippen LogP contribution >= 0.6 is 23.2 Å². The fraction of sp³-hybridized carbons (Fsp3) is 0. The zero-order valence-electron chi connectivity index (χ0n) is 13.8. The smallest absolute Gasteiger partial charge is 0.0757 e. The minimum Gasteiger partial charge on any atom is -0.0843 e. The van der Waals surface area contributed by atoms with Gasteiger partial charge in [0.05, 0.1) is 5.57 Å². The predicted octanol–water partition coefficient (Wildman–Crippen LogP) is 6.48. The molecule has 26 heavy (non-hydrogen) atoms. The summed E-state index contributed by atoms with van der Waals surface area (Å²) in [7, 11) is 0. The molecule has 0 radical (unpaired) electrons. The molecule has 0 heterocycles. The van der Waals surface area contributed by atoms with Crippen LogP contribution < -0.4 is 0 Å². The van der Waals surface area contributed by atoms with Gasteiger partial charge in [0.15, 0.2) is 0 Å². The highest BCUT2D eigenvalue weighted by Crippen LogP contribution is 2.11. The first kappa shape index (κ1) is 17.9. The van der Waals surface area contributed by atoms with Crippen LogP contribution in [-0.4, -0.2) is 0 Å². The second-order valence-electron chi connectivity index (χ2n) is 5.48. The zero-order valence-corrected chi connectivity index (χ0v) is 15.4. The normalized spacial score (nSPS) is 9.31. The van der Waals surface area contributed by atoms with Crippen LogP contribution in [0.3, 0.4) is 0 Å². The Morgan fingerprint density at radius 3 is 1.54 bits per heavy atom. The second-order valence-corrected chi connectivity index (χ2v) is 6.36. The Bertz CT molecular complexity index is 956. The zero-order chi connectivity index (χ0) is 18.2. The Hall–Kier alpha value is -2.90. The van der Waals surface area contributed by atoms with Crippen molar-refractivity contribution in [3.05, 3.63) is 111 Å². The summed E-state index contributed by atoms with van der Waals surface area (Å²) in [5, 5.41) is 1.39. The van der Waals surface area contributed by atoms with Crippen LogP contribution in [0, 0.1) is 23.7 Å². The molecular formula is C24H14Cl2. The standard InChI is InChI=1S/C24H14Cl2/c25-23-14-10-19(11-15-23)6-8-22(18-21-4-2-1-3-5-21)9-7-20-12-16-24(26)17-13-20/h1-5,10-18H. The highest BCUT2D eigenvalue weighted by molar-refractivity contribution is 6.30. The van der Waals surface area contributed by atoms with Crippen LogP contribution in [0.2, 0.25) is 10.0 Å². The third kappa shape index (κ3) is 5.58. The Morgan fingerprint density at radius 1 is 0.615 bits per heavy atom. The molecule has 0 unspecified atom stereocenters. The number of hydrogen-bond acceptors (Lipinski definition) is 0. The van der Waals surface area contributed by atoms with E-state index in [2.05, 4.69) is 23.7 Å². The lowest BCUT2D eigenvalue weighted by Crippen LogP contribution is -1.79. The van der Waals surface area contributed by atoms with Crippen molar-refractivity contribution < 1.29 is 0 Å². The van der Waals surface area contributed by atoms with Crippen LogP contribution in [0.4, 0.5) is 0 Å². The van der Waals surface area contributed by atoms with E-state index in [1.165, 1.54) is 0 Å². The summed E-state index contributed by atoms with van der Waals surface area (Å²) in [6, 6.07) is 24.9. The Kier molecular flexibility index (Phi) is 6.19. The first-order valence-electron chi connectivity index (χ1n) is 8.01. The second kappa shape index (κ2) is 8.98. The molecule has 124 valence electrons. The molecule has 0 atom stereocenters. The van der Waals surface area contributed by atoms with E-state index in [1.54, 1.807) is 0 Å². The summed E-state index contributed by atoms with van der Waals surface area (Å²) in [5.41, 5.74) is 3.57. The molecule has 0 bridgehead atoms. The van der Waals surface area contributed by atoms with E-state index in [-0.39, 0.29) is 0 Å². The van der Waals surface area contributed by atoms with Gasteiger partial charge in [-0.3, -0.25) is 0 Å². The van der Waals surface area contributed by atoms with Gasteiger partial charge >= 0.3 is 0 Å². The highest BCUT2D eigenvalue weighted by atomic mass is 35.5. The van der Waals surface area contributed by atoms with Crippen molar-refractivity contribution in [2.75, 3.05) is 0 Å². The highest BCUT2D eigenvalue weighted by Gasteiger charge is 1.93. The first-order valence-corrected chi connectivity index (χ1v) is 8.76. The van der Waals surface area contributed by atoms with Crippen molar-refractivity contribution in [2.24, 2.45) is 0 Å². The van der Waals surface area contributed by atoms with E-state index in [0.717, 1.165) is 22.3 Å². The molecule has 3 aromatic rings. The van der Waals surface area contributed by atoms with E-state index in [0.29, 0.717) is 10.0 Å². The van der Waals surface area contributed by atoms with Crippen LogP contribution in [-0.2, 0) is 0 Å². The van der Waals surface area contributed by atoms with Gasteiger partial charge < -0.3 is 0 Å². The molecule has 3 aromatic carbocycles. The molecule has 0 aliphatic rings. The number of hydrogen-bond donors (Lipinski definition) is 0. The van der Waals surface area contributed by atoms with Crippen LogP contribution in [0.15, 0.2) is 84.4 Å². The van der Waals surface area contributed by atoms with Gasteiger partial charge in [0.1, 0.15) is 0 Å². The fourth-order valence-electron chi connectivity index (χ4n) is 2.16. The quantitative estimate of drug-likeness (QED) is 0.428. The monoisotopic (exact) mass is 372 g/mol. The van der Waals surface area contributed by atoms with E-state index in [9.17, 15) is 0 Å². The minimum atomic E-state index is 0.693. The van der Waals surface area contributed by atoms with Gasteiger partial charge in [-0.15, -0.1) is 0 Å². The molecule has 0 spiro atoms. The maximum absolute atomic E-state index is 5.92. The Labute approximate surface area is 164 Å². The lowest BCUT2D eigenvalue weighted by atomic mass is 10.1. The summed E-state index contributed by atoms with van der Waals surface area (Å²) in [5.74, 6) is 12.6. The summed E-state index contributed by atoms with van der Waals surface area (Å²) in [4.78, 5) is 0. The lowest BCUT2D eigenvalue weighted by molar-refractivity contribution is 1.63. The maximum Gasteiger partial charge on any atom is 0.0757 e. The van der Waals surface area contributed by atoms with Crippen LogP contribution in [0.5, 0.6) is 0 Å². The number of benzene rings is 3. The molecule has 0 amide bonds. The van der Waals surface area contributed by atoms with Gasteiger partial charge in [-0.2, -0.15) is 0 Å². The lowest BCUT2D eigenvalue weighted by Gasteiger charge is -1.94. The van der Waals surface area contributed by atoms with Crippen molar-refractivity contribution in [1.82, 2.24) is 0 Å². The summed E-state index contributed by atoms with van der Waals surface area (Å²) in [6.07, 6.45) is 1.98. The molecule has 0 fully saturated rings. The summed E-state index contributed by atoms with van der Waals surface area (Å²) in [6.45, 7) is 0. The van der Waals surface area contributed by atoms with Gasteiger partial charge in [-0.25, -0.2) is 0 Å². The number of rotatable bonds is 1. The van der Waals surface area contributed by atoms with Gasteiger partial charge in [0.2, 0.25) is 0 Å². The van der Waals surface area contributed by atoms with Crippen molar-refractivity contribution >= 4 is 29.3 Å². The SMILES string of the molecule is Clc1ccc(C#CC(C#Cc2ccc(Cl)cc2)=Cc2ccccc2)cc1. The average molecular weight is 373 g/mol. The van der Waals surface area contributed by atoms with Gasteiger partial charge in [-0.05, 0) is 60.2 Å². The van der Waals surface area contributed by atoms with E-state index in [1.807, 2.05) is 84.9 Å². The molecular weight excluding hydrogens is 359 g/mol. The van der Waals surface area contributed by atoms with E-state index < -0.39 is 0 Å². The molecule has 0 aliphatic heterocycles. The van der Waals surface area contributed by atoms with Crippen LogP contribution in [0.25, 0.3) is 6.08 Å². The molecule has 0 saturated heterocycles. The summed E-state index contributed by atoms with van der Waals surface area (Å²) >= 11 is 11.8. The molecule has 0 nitrogen and oxygen atoms in total. The molecule has 2 heteroatoms. The van der Waals surface area contributed by atoms with Crippen molar-refractivity contribution in [3.8, 4) is 23.7 Å². The van der Waals surface area contributed by atoms with Crippen LogP contribution in [0.1, 0.15) is 16.7 Å². The van der Waals surface area contributed by atoms with Crippen molar-refractivity contribution in [1.29, 1.82) is 0 Å². The Balaban J connectivity index is 1.94. The molecule has 3 rings (SSSR count). The average Bonchev–Trinajstić information content (AvgIpc) is 2.67. The fourth-order valence-corrected chi connectivity index (χ4v) is 2.42. The number of allylic oxidation sites excluding steroid dienone is 1. The van der Waals surface area contributed by atoms with E-state index in [4.69, 9.17) is 23.2 Å². The third-order valence-corrected chi connectivity index (χ3v) is 3.99. The van der Waals surface area contributed by atoms with E-state index >= 15 is 0 Å². The van der Waals surface area contributed by atoms with Crippen molar-refractivity contribution in [3.63, 3.8) is 0 Å². The Morgan fingerprint density at radius 2 is 1.08 bits per heavy atom. The number of halogens is 2. The largest absolute Gasteiger partial charge is 0.0843 e.